The summed E-state index contributed by atoms with van der Waals surface area (Å²) in [7, 11) is 0. The average Bonchev–Trinajstić information content (AvgIpc) is 2.21. The van der Waals surface area contributed by atoms with Crippen LogP contribution >= 0.6 is 0 Å². The van der Waals surface area contributed by atoms with E-state index in [0.717, 1.165) is 0 Å². The van der Waals surface area contributed by atoms with Gasteiger partial charge in [-0.3, -0.25) is 0 Å². The van der Waals surface area contributed by atoms with Crippen LogP contribution in [0.2, 0.25) is 0 Å². The van der Waals surface area contributed by atoms with Crippen LogP contribution in [-0.2, 0) is 4.74 Å². The molecule has 1 rings (SSSR count). The quantitative estimate of drug-likeness (QED) is 0.605. The van der Waals surface area contributed by atoms with E-state index in [1.807, 2.05) is 0 Å². The maximum absolute atomic E-state index is 11.2. The molecule has 0 fully saturated rings. The van der Waals surface area contributed by atoms with Gasteiger partial charge in [-0.05, 0) is 25.8 Å². The van der Waals surface area contributed by atoms with Gasteiger partial charge in [0.2, 0.25) is 0 Å². The largest absolute Gasteiger partial charge is 0.442 e. The minimum Gasteiger partial charge on any atom is -0.442 e. The Morgan fingerprint density at radius 3 is 2.88 bits per heavy atom. The summed E-state index contributed by atoms with van der Waals surface area (Å²) in [6.07, 6.45) is 2.57. The molecule has 3 unspecified atom stereocenters. The van der Waals surface area contributed by atoms with Crippen molar-refractivity contribution in [1.29, 1.82) is 0 Å². The van der Waals surface area contributed by atoms with Gasteiger partial charge in [-0.15, -0.1) is 0 Å². The summed E-state index contributed by atoms with van der Waals surface area (Å²) in [6, 6.07) is 0. The molecule has 1 aliphatic carbocycles. The van der Waals surface area contributed by atoms with Crippen molar-refractivity contribution in [1.82, 2.24) is 5.32 Å². The summed E-state index contributed by atoms with van der Waals surface area (Å²) in [5.74, 6) is 0. The number of hydrogen-bond donors (Lipinski definition) is 3. The maximum Gasteiger partial charge on any atom is 0.407 e. The first-order chi connectivity index (χ1) is 7.61. The van der Waals surface area contributed by atoms with Crippen LogP contribution in [0.25, 0.3) is 0 Å². The summed E-state index contributed by atoms with van der Waals surface area (Å²) < 4.78 is 5.08. The van der Waals surface area contributed by atoms with E-state index in [1.165, 1.54) is 0 Å². The number of amides is 1. The van der Waals surface area contributed by atoms with E-state index >= 15 is 0 Å². The van der Waals surface area contributed by atoms with Gasteiger partial charge < -0.3 is 20.3 Å². The molecule has 0 saturated carbocycles. The van der Waals surface area contributed by atoms with Crippen LogP contribution < -0.4 is 5.32 Å². The van der Waals surface area contributed by atoms with Gasteiger partial charge in [0, 0.05) is 13.0 Å². The Kier molecular flexibility index (Phi) is 5.28. The number of rotatable bonds is 2. The van der Waals surface area contributed by atoms with Crippen LogP contribution in [0.15, 0.2) is 12.2 Å². The first kappa shape index (κ1) is 13.0. The Morgan fingerprint density at radius 2 is 2.19 bits per heavy atom. The fourth-order valence-corrected chi connectivity index (χ4v) is 1.59. The number of carbonyl (C=O) groups is 1. The third-order valence-electron chi connectivity index (χ3n) is 2.43. The summed E-state index contributed by atoms with van der Waals surface area (Å²) in [4.78, 5) is 11.2. The lowest BCUT2D eigenvalue weighted by Gasteiger charge is -2.21. The van der Waals surface area contributed by atoms with Gasteiger partial charge >= 0.3 is 6.09 Å². The van der Waals surface area contributed by atoms with E-state index in [-0.39, 0.29) is 0 Å². The molecule has 5 nitrogen and oxygen atoms in total. The molecule has 0 spiro atoms. The molecule has 0 bridgehead atoms. The van der Waals surface area contributed by atoms with Crippen LogP contribution in [-0.4, -0.2) is 41.2 Å². The van der Waals surface area contributed by atoms with Gasteiger partial charge in [-0.25, -0.2) is 4.79 Å². The van der Waals surface area contributed by atoms with Gasteiger partial charge in [0.25, 0.3) is 0 Å². The third kappa shape index (κ3) is 4.63. The predicted molar refractivity (Wildman–Crippen MR) is 59.0 cm³/mol. The minimum atomic E-state index is -0.574. The first-order valence-corrected chi connectivity index (χ1v) is 5.60. The van der Waals surface area contributed by atoms with Gasteiger partial charge in [0.05, 0.1) is 12.2 Å². The molecule has 3 atom stereocenters. The van der Waals surface area contributed by atoms with E-state index in [1.54, 1.807) is 19.1 Å². The lowest BCUT2D eigenvalue weighted by molar-refractivity contribution is 0.0600. The van der Waals surface area contributed by atoms with Crippen LogP contribution in [0, 0.1) is 0 Å². The smallest absolute Gasteiger partial charge is 0.407 e. The highest BCUT2D eigenvalue weighted by molar-refractivity contribution is 5.67. The highest BCUT2D eigenvalue weighted by atomic mass is 16.6. The number of carbonyl (C=O) groups excluding carboxylic acids is 1. The summed E-state index contributed by atoms with van der Waals surface area (Å²) in [6.45, 7) is 2.30. The SMILES string of the molecule is CCNC(=O)OC1/C=C/C(O)CCC(O)C1. The van der Waals surface area contributed by atoms with Crippen molar-refractivity contribution in [2.24, 2.45) is 0 Å². The molecule has 0 heterocycles. The standard InChI is InChI=1S/C11H19NO4/c1-2-12-11(15)16-10-6-5-8(13)3-4-9(14)7-10/h5-6,8-10,13-14H,2-4,7H2,1H3,(H,12,15)/b6-5+. The number of aliphatic hydroxyl groups is 2. The zero-order chi connectivity index (χ0) is 12.0. The second kappa shape index (κ2) is 6.50. The minimum absolute atomic E-state index is 0.375. The summed E-state index contributed by atoms with van der Waals surface area (Å²) in [5.41, 5.74) is 0. The van der Waals surface area contributed by atoms with Crippen molar-refractivity contribution >= 4 is 6.09 Å². The van der Waals surface area contributed by atoms with Crippen LogP contribution in [0.1, 0.15) is 26.2 Å². The van der Waals surface area contributed by atoms with Crippen LogP contribution in [0.3, 0.4) is 0 Å². The lowest BCUT2D eigenvalue weighted by atomic mass is 10.00. The van der Waals surface area contributed by atoms with E-state index in [9.17, 15) is 15.0 Å². The normalized spacial score (nSPS) is 32.3. The molecule has 1 amide bonds. The molecular weight excluding hydrogens is 210 g/mol. The second-order valence-corrected chi connectivity index (χ2v) is 3.89. The fraction of sp³-hybridized carbons (Fsp3) is 0.727. The Labute approximate surface area is 95.1 Å². The van der Waals surface area contributed by atoms with Crippen molar-refractivity contribution in [3.05, 3.63) is 12.2 Å². The number of aliphatic hydroxyl groups excluding tert-OH is 2. The molecule has 1 aliphatic rings. The molecule has 92 valence electrons. The van der Waals surface area contributed by atoms with Crippen molar-refractivity contribution in [2.75, 3.05) is 6.54 Å². The molecule has 0 aromatic rings. The zero-order valence-electron chi connectivity index (χ0n) is 9.43. The topological polar surface area (TPSA) is 78.8 Å². The van der Waals surface area contributed by atoms with Crippen LogP contribution in [0.4, 0.5) is 4.79 Å². The molecule has 16 heavy (non-hydrogen) atoms. The molecule has 3 N–H and O–H groups in total. The van der Waals surface area contributed by atoms with E-state index in [4.69, 9.17) is 4.74 Å². The Morgan fingerprint density at radius 1 is 1.44 bits per heavy atom. The Hall–Kier alpha value is -1.07. The number of nitrogens with one attached hydrogen (secondary N) is 1. The van der Waals surface area contributed by atoms with E-state index in [0.29, 0.717) is 25.8 Å². The highest BCUT2D eigenvalue weighted by Crippen LogP contribution is 2.15. The fourth-order valence-electron chi connectivity index (χ4n) is 1.59. The number of alkyl carbamates (subject to hydrolysis) is 1. The Balaban J connectivity index is 2.51. The monoisotopic (exact) mass is 229 g/mol. The molecular formula is C11H19NO4. The second-order valence-electron chi connectivity index (χ2n) is 3.89. The zero-order valence-corrected chi connectivity index (χ0v) is 9.43. The molecule has 0 aromatic carbocycles. The molecule has 5 heteroatoms. The van der Waals surface area contributed by atoms with Crippen molar-refractivity contribution in [3.63, 3.8) is 0 Å². The number of hydrogen-bond acceptors (Lipinski definition) is 4. The number of ether oxygens (including phenoxy) is 1. The average molecular weight is 229 g/mol. The first-order valence-electron chi connectivity index (χ1n) is 5.60. The van der Waals surface area contributed by atoms with Crippen molar-refractivity contribution in [3.8, 4) is 0 Å². The van der Waals surface area contributed by atoms with E-state index < -0.39 is 24.4 Å². The molecule has 0 saturated heterocycles. The van der Waals surface area contributed by atoms with Gasteiger partial charge in [-0.2, -0.15) is 0 Å². The highest BCUT2D eigenvalue weighted by Gasteiger charge is 2.19. The van der Waals surface area contributed by atoms with E-state index in [2.05, 4.69) is 5.32 Å². The predicted octanol–water partition coefficient (Wildman–Crippen LogP) is 0.563. The van der Waals surface area contributed by atoms with Gasteiger partial charge in [-0.1, -0.05) is 6.08 Å². The molecule has 0 aliphatic heterocycles. The van der Waals surface area contributed by atoms with Crippen LogP contribution in [0.5, 0.6) is 0 Å². The van der Waals surface area contributed by atoms with Gasteiger partial charge in [0.15, 0.2) is 0 Å². The third-order valence-corrected chi connectivity index (χ3v) is 2.43. The molecule has 0 radical (unpaired) electrons. The summed E-state index contributed by atoms with van der Waals surface area (Å²) in [5, 5.41) is 21.5. The summed E-state index contributed by atoms with van der Waals surface area (Å²) >= 11 is 0. The van der Waals surface area contributed by atoms with Crippen molar-refractivity contribution < 1.29 is 19.7 Å². The molecule has 0 aromatic heterocycles. The maximum atomic E-state index is 11.2. The lowest BCUT2D eigenvalue weighted by Crippen LogP contribution is -2.31. The van der Waals surface area contributed by atoms with Gasteiger partial charge in [0.1, 0.15) is 6.10 Å². The Bertz CT molecular complexity index is 254. The van der Waals surface area contributed by atoms with Crippen molar-refractivity contribution in [2.45, 2.75) is 44.5 Å².